The van der Waals surface area contributed by atoms with E-state index in [1.807, 2.05) is 13.8 Å². The molecule has 0 saturated heterocycles. The first-order chi connectivity index (χ1) is 11.0. The number of halogens is 2. The predicted octanol–water partition coefficient (Wildman–Crippen LogP) is 2.12. The number of hydrogen-bond donors (Lipinski definition) is 3. The van der Waals surface area contributed by atoms with Crippen LogP contribution in [-0.2, 0) is 4.79 Å². The summed E-state index contributed by atoms with van der Waals surface area (Å²) in [6.45, 7) is 7.79. The van der Waals surface area contributed by atoms with Crippen LogP contribution in [0.1, 0.15) is 37.6 Å². The molecule has 1 atom stereocenters. The van der Waals surface area contributed by atoms with E-state index in [0.717, 1.165) is 13.0 Å². The van der Waals surface area contributed by atoms with Gasteiger partial charge in [0.15, 0.2) is 0 Å². The second kappa shape index (κ2) is 11.8. The highest BCUT2D eigenvalue weighted by Crippen LogP contribution is 2.08. The molecule has 2 amide bonds. The smallest absolute Gasteiger partial charge is 0.254 e. The highest BCUT2D eigenvalue weighted by atomic mass is 35.5. The van der Waals surface area contributed by atoms with Gasteiger partial charge >= 0.3 is 0 Å². The van der Waals surface area contributed by atoms with Crippen molar-refractivity contribution >= 4 is 24.2 Å². The third kappa shape index (κ3) is 7.27. The van der Waals surface area contributed by atoms with E-state index in [1.54, 1.807) is 6.07 Å². The molecule has 0 aromatic heterocycles. The Kier molecular flexibility index (Phi) is 11.0. The van der Waals surface area contributed by atoms with Gasteiger partial charge in [-0.2, -0.15) is 0 Å². The number of nitrogens with one attached hydrogen (secondary N) is 3. The maximum atomic E-state index is 13.6. The molecule has 24 heavy (non-hydrogen) atoms. The molecular formula is C17H27ClFN3O2. The second-order valence-corrected chi connectivity index (χ2v) is 5.72. The van der Waals surface area contributed by atoms with Crippen LogP contribution in [0.4, 0.5) is 4.39 Å². The molecule has 0 aliphatic carbocycles. The van der Waals surface area contributed by atoms with Crippen molar-refractivity contribution in [1.82, 2.24) is 16.0 Å². The average molecular weight is 360 g/mol. The van der Waals surface area contributed by atoms with Crippen molar-refractivity contribution in [2.24, 2.45) is 5.92 Å². The third-order valence-electron chi connectivity index (χ3n) is 3.38. The minimum absolute atomic E-state index is 0. The predicted molar refractivity (Wildman–Crippen MR) is 95.9 cm³/mol. The van der Waals surface area contributed by atoms with Gasteiger partial charge in [-0.3, -0.25) is 9.59 Å². The van der Waals surface area contributed by atoms with Crippen LogP contribution in [-0.4, -0.2) is 37.5 Å². The molecule has 1 aromatic carbocycles. The fourth-order valence-electron chi connectivity index (χ4n) is 2.09. The van der Waals surface area contributed by atoms with Crippen molar-refractivity contribution in [1.29, 1.82) is 0 Å². The molecule has 0 heterocycles. The number of amides is 2. The normalized spacial score (nSPS) is 11.5. The topological polar surface area (TPSA) is 70.2 Å². The fraction of sp³-hybridized carbons (Fsp3) is 0.529. The van der Waals surface area contributed by atoms with Crippen molar-refractivity contribution < 1.29 is 14.0 Å². The Labute approximate surface area is 149 Å². The minimum atomic E-state index is -0.701. The molecule has 1 rings (SSSR count). The van der Waals surface area contributed by atoms with Crippen LogP contribution in [0.15, 0.2) is 24.3 Å². The van der Waals surface area contributed by atoms with Crippen LogP contribution in [0.3, 0.4) is 0 Å². The number of hydrogen-bond acceptors (Lipinski definition) is 3. The van der Waals surface area contributed by atoms with Crippen LogP contribution in [0.25, 0.3) is 0 Å². The van der Waals surface area contributed by atoms with E-state index in [-0.39, 0.29) is 29.8 Å². The minimum Gasteiger partial charge on any atom is -0.353 e. The van der Waals surface area contributed by atoms with E-state index < -0.39 is 17.8 Å². The summed E-state index contributed by atoms with van der Waals surface area (Å²) in [5.41, 5.74) is -0.0597. The third-order valence-corrected chi connectivity index (χ3v) is 3.38. The zero-order valence-corrected chi connectivity index (χ0v) is 15.2. The summed E-state index contributed by atoms with van der Waals surface area (Å²) in [7, 11) is 0. The summed E-state index contributed by atoms with van der Waals surface area (Å²) in [5.74, 6) is -1.55. The monoisotopic (exact) mass is 359 g/mol. The first kappa shape index (κ1) is 22.3. The lowest BCUT2D eigenvalue weighted by atomic mass is 10.0. The van der Waals surface area contributed by atoms with Crippen molar-refractivity contribution in [2.45, 2.75) is 33.2 Å². The molecule has 3 N–H and O–H groups in total. The first-order valence-electron chi connectivity index (χ1n) is 8.01. The van der Waals surface area contributed by atoms with E-state index >= 15 is 0 Å². The molecular weight excluding hydrogens is 333 g/mol. The van der Waals surface area contributed by atoms with Crippen LogP contribution < -0.4 is 16.0 Å². The molecule has 0 radical (unpaired) electrons. The van der Waals surface area contributed by atoms with Crippen LogP contribution in [0, 0.1) is 11.7 Å². The summed E-state index contributed by atoms with van der Waals surface area (Å²) < 4.78 is 13.6. The maximum absolute atomic E-state index is 13.6. The molecule has 0 spiro atoms. The van der Waals surface area contributed by atoms with Gasteiger partial charge in [0.25, 0.3) is 5.91 Å². The van der Waals surface area contributed by atoms with Gasteiger partial charge in [0.05, 0.1) is 5.56 Å². The lowest BCUT2D eigenvalue weighted by Gasteiger charge is -2.22. The van der Waals surface area contributed by atoms with E-state index in [4.69, 9.17) is 0 Å². The lowest BCUT2D eigenvalue weighted by molar-refractivity contribution is -0.123. The quantitative estimate of drug-likeness (QED) is 0.591. The molecule has 0 fully saturated rings. The Morgan fingerprint density at radius 2 is 1.79 bits per heavy atom. The Bertz CT molecular complexity index is 526. The Morgan fingerprint density at radius 1 is 1.12 bits per heavy atom. The van der Waals surface area contributed by atoms with E-state index in [0.29, 0.717) is 13.1 Å². The Morgan fingerprint density at radius 3 is 2.38 bits per heavy atom. The molecule has 136 valence electrons. The highest BCUT2D eigenvalue weighted by molar-refractivity contribution is 5.97. The van der Waals surface area contributed by atoms with Gasteiger partial charge in [-0.25, -0.2) is 4.39 Å². The first-order valence-corrected chi connectivity index (χ1v) is 8.01. The molecule has 0 aliphatic rings. The van der Waals surface area contributed by atoms with E-state index in [1.165, 1.54) is 18.2 Å². The number of rotatable bonds is 9. The lowest BCUT2D eigenvalue weighted by Crippen LogP contribution is -2.50. The number of carbonyl (C=O) groups is 2. The average Bonchev–Trinajstić information content (AvgIpc) is 2.52. The van der Waals surface area contributed by atoms with Gasteiger partial charge < -0.3 is 16.0 Å². The van der Waals surface area contributed by atoms with Gasteiger partial charge in [-0.05, 0) is 31.0 Å². The SMILES string of the molecule is CCCNCCNC(=O)C(NC(=O)c1ccccc1F)C(C)C.Cl. The summed E-state index contributed by atoms with van der Waals surface area (Å²) in [5, 5.41) is 8.58. The van der Waals surface area contributed by atoms with Crippen LogP contribution >= 0.6 is 12.4 Å². The Balaban J connectivity index is 0.00000529. The second-order valence-electron chi connectivity index (χ2n) is 5.72. The standard InChI is InChI=1S/C17H26FN3O2.ClH/c1-4-9-19-10-11-20-17(23)15(12(2)3)21-16(22)13-7-5-6-8-14(13)18;/h5-8,12,15,19H,4,9-11H2,1-3H3,(H,20,23)(H,21,22);1H. The fourth-order valence-corrected chi connectivity index (χ4v) is 2.09. The van der Waals surface area contributed by atoms with Gasteiger partial charge in [0.2, 0.25) is 5.91 Å². The Hall–Kier alpha value is -1.66. The molecule has 0 bridgehead atoms. The van der Waals surface area contributed by atoms with Gasteiger partial charge in [0, 0.05) is 13.1 Å². The molecule has 1 unspecified atom stereocenters. The number of benzene rings is 1. The van der Waals surface area contributed by atoms with Crippen molar-refractivity contribution in [3.63, 3.8) is 0 Å². The largest absolute Gasteiger partial charge is 0.353 e. The summed E-state index contributed by atoms with van der Waals surface area (Å²) >= 11 is 0. The molecule has 7 heteroatoms. The summed E-state index contributed by atoms with van der Waals surface area (Å²) in [6, 6.07) is 5.02. The summed E-state index contributed by atoms with van der Waals surface area (Å²) in [4.78, 5) is 24.4. The van der Waals surface area contributed by atoms with Gasteiger partial charge in [0.1, 0.15) is 11.9 Å². The maximum Gasteiger partial charge on any atom is 0.254 e. The zero-order valence-electron chi connectivity index (χ0n) is 14.4. The zero-order chi connectivity index (χ0) is 17.2. The van der Waals surface area contributed by atoms with Crippen molar-refractivity contribution in [3.05, 3.63) is 35.6 Å². The highest BCUT2D eigenvalue weighted by Gasteiger charge is 2.25. The van der Waals surface area contributed by atoms with E-state index in [2.05, 4.69) is 22.9 Å². The molecule has 0 saturated carbocycles. The van der Waals surface area contributed by atoms with Gasteiger partial charge in [-0.1, -0.05) is 32.9 Å². The molecule has 5 nitrogen and oxygen atoms in total. The number of carbonyl (C=O) groups excluding carboxylic acids is 2. The van der Waals surface area contributed by atoms with Crippen LogP contribution in [0.5, 0.6) is 0 Å². The molecule has 0 aliphatic heterocycles. The van der Waals surface area contributed by atoms with Crippen LogP contribution in [0.2, 0.25) is 0 Å². The van der Waals surface area contributed by atoms with E-state index in [9.17, 15) is 14.0 Å². The van der Waals surface area contributed by atoms with Gasteiger partial charge in [-0.15, -0.1) is 12.4 Å². The van der Waals surface area contributed by atoms with Crippen molar-refractivity contribution in [3.8, 4) is 0 Å². The summed E-state index contributed by atoms with van der Waals surface area (Å²) in [6.07, 6.45) is 1.03. The van der Waals surface area contributed by atoms with Crippen molar-refractivity contribution in [2.75, 3.05) is 19.6 Å². The molecule has 1 aromatic rings.